The Labute approximate surface area is 197 Å². The fraction of sp³-hybridized carbons (Fsp3) is 0.440. The molecule has 0 bridgehead atoms. The third-order valence-electron chi connectivity index (χ3n) is 6.23. The number of likely N-dealkylation sites (N-methyl/N-ethyl adjacent to an activating group) is 1. The van der Waals surface area contributed by atoms with Crippen LogP contribution in [0.25, 0.3) is 0 Å². The monoisotopic (exact) mass is 473 g/mol. The average molecular weight is 474 g/mol. The number of sulfonamides is 1. The Morgan fingerprint density at radius 1 is 0.879 bits per heavy atom. The van der Waals surface area contributed by atoms with Crippen molar-refractivity contribution < 1.29 is 18.0 Å². The Hall–Kier alpha value is -2.71. The fourth-order valence-electron chi connectivity index (χ4n) is 3.79. The lowest BCUT2D eigenvalue weighted by Crippen LogP contribution is -2.40. The van der Waals surface area contributed by atoms with Gasteiger partial charge in [-0.1, -0.05) is 30.3 Å². The van der Waals surface area contributed by atoms with Crippen molar-refractivity contribution in [2.24, 2.45) is 0 Å². The Kier molecular flexibility index (Phi) is 9.19. The van der Waals surface area contributed by atoms with Crippen molar-refractivity contribution in [3.8, 4) is 0 Å². The molecule has 8 heteroatoms. The predicted octanol–water partition coefficient (Wildman–Crippen LogP) is 3.06. The lowest BCUT2D eigenvalue weighted by Gasteiger charge is -2.21. The highest BCUT2D eigenvalue weighted by atomic mass is 32.2. The molecule has 0 aliphatic heterocycles. The van der Waals surface area contributed by atoms with Crippen LogP contribution >= 0.6 is 0 Å². The molecule has 0 saturated carbocycles. The van der Waals surface area contributed by atoms with Gasteiger partial charge in [0, 0.05) is 26.1 Å². The van der Waals surface area contributed by atoms with Gasteiger partial charge in [-0.2, -0.15) is 0 Å². The minimum atomic E-state index is -3.77. The highest BCUT2D eigenvalue weighted by Gasteiger charge is 2.23. The fourth-order valence-corrected chi connectivity index (χ4v) is 5.42. The molecule has 2 rings (SSSR count). The van der Waals surface area contributed by atoms with Crippen molar-refractivity contribution in [1.82, 2.24) is 14.9 Å². The van der Waals surface area contributed by atoms with E-state index in [1.54, 1.807) is 18.7 Å². The molecule has 180 valence electrons. The van der Waals surface area contributed by atoms with Gasteiger partial charge in [0.2, 0.25) is 21.8 Å². The molecule has 7 nitrogen and oxygen atoms in total. The van der Waals surface area contributed by atoms with Gasteiger partial charge in [-0.3, -0.25) is 9.59 Å². The van der Waals surface area contributed by atoms with Crippen molar-refractivity contribution in [1.29, 1.82) is 0 Å². The summed E-state index contributed by atoms with van der Waals surface area (Å²) in [7, 11) is -3.77. The van der Waals surface area contributed by atoms with Gasteiger partial charge in [0.05, 0.1) is 11.4 Å². The van der Waals surface area contributed by atoms with Crippen molar-refractivity contribution in [2.45, 2.75) is 59.4 Å². The number of nitrogens with zero attached hydrogens (tertiary/aromatic N) is 1. The Morgan fingerprint density at radius 3 is 1.97 bits per heavy atom. The highest BCUT2D eigenvalue weighted by Crippen LogP contribution is 2.29. The normalized spacial score (nSPS) is 11.3. The van der Waals surface area contributed by atoms with Crippen LogP contribution in [-0.2, 0) is 26.2 Å². The molecule has 0 heterocycles. The molecule has 0 unspecified atom stereocenters. The van der Waals surface area contributed by atoms with Crippen LogP contribution in [0.4, 0.5) is 0 Å². The molecule has 0 aliphatic rings. The van der Waals surface area contributed by atoms with Gasteiger partial charge in [-0.15, -0.1) is 0 Å². The van der Waals surface area contributed by atoms with E-state index in [1.807, 2.05) is 58.0 Å². The molecular formula is C25H35N3O4S. The zero-order valence-electron chi connectivity index (χ0n) is 20.4. The number of hydrogen-bond donors (Lipinski definition) is 2. The molecule has 2 aromatic rings. The molecule has 0 aromatic heterocycles. The standard InChI is InChI=1S/C25H35N3O4S/c1-7-28(16-22-11-9-8-10-12-22)24(30)15-26-23(29)13-14-27-33(31,32)25-20(5)18(3)17(2)19(4)21(25)6/h8-12,27H,7,13-16H2,1-6H3,(H,26,29). The second-order valence-electron chi connectivity index (χ2n) is 8.27. The van der Waals surface area contributed by atoms with E-state index in [0.717, 1.165) is 33.4 Å². The Morgan fingerprint density at radius 2 is 1.42 bits per heavy atom. The maximum atomic E-state index is 12.9. The summed E-state index contributed by atoms with van der Waals surface area (Å²) >= 11 is 0. The molecule has 0 atom stereocenters. The van der Waals surface area contributed by atoms with E-state index in [-0.39, 0.29) is 36.2 Å². The number of amides is 2. The third kappa shape index (κ3) is 6.65. The lowest BCUT2D eigenvalue weighted by molar-refractivity contribution is -0.133. The van der Waals surface area contributed by atoms with Gasteiger partial charge >= 0.3 is 0 Å². The average Bonchev–Trinajstić information content (AvgIpc) is 2.78. The van der Waals surface area contributed by atoms with Crippen LogP contribution in [0, 0.1) is 34.6 Å². The number of nitrogens with one attached hydrogen (secondary N) is 2. The molecule has 0 aliphatic carbocycles. The first-order chi connectivity index (χ1) is 15.5. The molecule has 0 saturated heterocycles. The van der Waals surface area contributed by atoms with Crippen molar-refractivity contribution >= 4 is 21.8 Å². The zero-order valence-corrected chi connectivity index (χ0v) is 21.2. The van der Waals surface area contributed by atoms with E-state index < -0.39 is 10.0 Å². The summed E-state index contributed by atoms with van der Waals surface area (Å²) in [5, 5.41) is 2.59. The van der Waals surface area contributed by atoms with Gasteiger partial charge in [-0.25, -0.2) is 13.1 Å². The van der Waals surface area contributed by atoms with Crippen LogP contribution in [0.15, 0.2) is 35.2 Å². The van der Waals surface area contributed by atoms with E-state index >= 15 is 0 Å². The SMILES string of the molecule is CCN(Cc1ccccc1)C(=O)CNC(=O)CCNS(=O)(=O)c1c(C)c(C)c(C)c(C)c1C. The summed E-state index contributed by atoms with van der Waals surface area (Å²) in [4.78, 5) is 26.6. The number of hydrogen-bond acceptors (Lipinski definition) is 4. The summed E-state index contributed by atoms with van der Waals surface area (Å²) in [6.45, 7) is 12.1. The molecule has 0 radical (unpaired) electrons. The van der Waals surface area contributed by atoms with Crippen LogP contribution in [0.3, 0.4) is 0 Å². The van der Waals surface area contributed by atoms with Crippen molar-refractivity contribution in [2.75, 3.05) is 19.6 Å². The minimum Gasteiger partial charge on any atom is -0.347 e. The summed E-state index contributed by atoms with van der Waals surface area (Å²) in [5.41, 5.74) is 5.44. The Bertz CT molecular complexity index is 1080. The van der Waals surface area contributed by atoms with Gasteiger partial charge in [0.25, 0.3) is 0 Å². The number of carbonyl (C=O) groups excluding carboxylic acids is 2. The number of rotatable bonds is 10. The number of benzene rings is 2. The van der Waals surface area contributed by atoms with Crippen LogP contribution in [0.2, 0.25) is 0 Å². The summed E-state index contributed by atoms with van der Waals surface area (Å²) in [6.07, 6.45) is -0.0563. The van der Waals surface area contributed by atoms with Gasteiger partial charge in [-0.05, 0) is 74.9 Å². The Balaban J connectivity index is 1.91. The highest BCUT2D eigenvalue weighted by molar-refractivity contribution is 7.89. The van der Waals surface area contributed by atoms with Crippen molar-refractivity contribution in [3.63, 3.8) is 0 Å². The molecule has 0 fully saturated rings. The van der Waals surface area contributed by atoms with Gasteiger partial charge in [0.15, 0.2) is 0 Å². The zero-order chi connectivity index (χ0) is 24.8. The smallest absolute Gasteiger partial charge is 0.242 e. The third-order valence-corrected chi connectivity index (χ3v) is 7.97. The molecule has 2 amide bonds. The first kappa shape index (κ1) is 26.5. The maximum absolute atomic E-state index is 12.9. The first-order valence-corrected chi connectivity index (χ1v) is 12.6. The van der Waals surface area contributed by atoms with E-state index in [1.165, 1.54) is 0 Å². The topological polar surface area (TPSA) is 95.6 Å². The summed E-state index contributed by atoms with van der Waals surface area (Å²) in [6, 6.07) is 9.64. The quantitative estimate of drug-likeness (QED) is 0.554. The predicted molar refractivity (Wildman–Crippen MR) is 130 cm³/mol. The molecule has 2 N–H and O–H groups in total. The molecule has 0 spiro atoms. The van der Waals surface area contributed by atoms with Gasteiger partial charge < -0.3 is 10.2 Å². The van der Waals surface area contributed by atoms with E-state index in [0.29, 0.717) is 13.1 Å². The largest absolute Gasteiger partial charge is 0.347 e. The van der Waals surface area contributed by atoms with E-state index in [4.69, 9.17) is 0 Å². The number of carbonyl (C=O) groups is 2. The minimum absolute atomic E-state index is 0.0469. The molecule has 33 heavy (non-hydrogen) atoms. The van der Waals surface area contributed by atoms with E-state index in [2.05, 4.69) is 10.0 Å². The molecule has 2 aromatic carbocycles. The van der Waals surface area contributed by atoms with Crippen LogP contribution in [0.5, 0.6) is 0 Å². The van der Waals surface area contributed by atoms with Crippen LogP contribution < -0.4 is 10.0 Å². The summed E-state index contributed by atoms with van der Waals surface area (Å²) in [5.74, 6) is -0.571. The lowest BCUT2D eigenvalue weighted by atomic mass is 9.95. The second kappa shape index (κ2) is 11.4. The first-order valence-electron chi connectivity index (χ1n) is 11.1. The van der Waals surface area contributed by atoms with Crippen LogP contribution in [0.1, 0.15) is 46.7 Å². The van der Waals surface area contributed by atoms with Crippen LogP contribution in [-0.4, -0.2) is 44.8 Å². The molecular weight excluding hydrogens is 438 g/mol. The summed E-state index contributed by atoms with van der Waals surface area (Å²) < 4.78 is 28.4. The second-order valence-corrected chi connectivity index (χ2v) is 9.98. The van der Waals surface area contributed by atoms with Crippen molar-refractivity contribution in [3.05, 3.63) is 63.7 Å². The maximum Gasteiger partial charge on any atom is 0.242 e. The van der Waals surface area contributed by atoms with Gasteiger partial charge in [0.1, 0.15) is 0 Å². The van der Waals surface area contributed by atoms with E-state index in [9.17, 15) is 18.0 Å².